The van der Waals surface area contributed by atoms with Crippen LogP contribution in [0.1, 0.15) is 33.6 Å². The van der Waals surface area contributed by atoms with Gasteiger partial charge in [-0.25, -0.2) is 4.79 Å². The lowest BCUT2D eigenvalue weighted by molar-refractivity contribution is -0.128. The molecule has 0 aliphatic heterocycles. The van der Waals surface area contributed by atoms with Gasteiger partial charge in [-0.15, -0.1) is 0 Å². The molecule has 0 aromatic rings. The van der Waals surface area contributed by atoms with Crippen LogP contribution in [0.4, 0.5) is 4.79 Å². The van der Waals surface area contributed by atoms with Crippen molar-refractivity contribution in [3.8, 4) is 0 Å². The molecule has 0 saturated heterocycles. The lowest BCUT2D eigenvalue weighted by atomic mass is 10.1. The van der Waals surface area contributed by atoms with Crippen LogP contribution in [0, 0.1) is 0 Å². The first-order valence-corrected chi connectivity index (χ1v) is 6.28. The van der Waals surface area contributed by atoms with Crippen LogP contribution in [0.25, 0.3) is 0 Å². The number of alkyl carbamates (subject to hydrolysis) is 1. The minimum Gasteiger partial charge on any atom is -0.444 e. The lowest BCUT2D eigenvalue weighted by Gasteiger charge is -2.23. The van der Waals surface area contributed by atoms with Gasteiger partial charge in [0.05, 0.1) is 12.6 Å². The van der Waals surface area contributed by atoms with Gasteiger partial charge in [-0.3, -0.25) is 9.79 Å². The summed E-state index contributed by atoms with van der Waals surface area (Å²) in [4.78, 5) is 28.4. The third-order valence-corrected chi connectivity index (χ3v) is 2.28. The number of rotatable bonds is 6. The molecule has 0 aliphatic rings. The van der Waals surface area contributed by atoms with Gasteiger partial charge in [0, 0.05) is 20.5 Å². The van der Waals surface area contributed by atoms with Crippen LogP contribution in [0.3, 0.4) is 0 Å². The first-order valence-electron chi connectivity index (χ1n) is 6.28. The van der Waals surface area contributed by atoms with Crippen LogP contribution in [0.15, 0.2) is 4.99 Å². The van der Waals surface area contributed by atoms with E-state index in [2.05, 4.69) is 17.0 Å². The van der Waals surface area contributed by atoms with Gasteiger partial charge in [-0.1, -0.05) is 0 Å². The molecule has 0 aromatic carbocycles. The Hall–Kier alpha value is -1.59. The van der Waals surface area contributed by atoms with Crippen molar-refractivity contribution in [2.75, 3.05) is 20.6 Å². The van der Waals surface area contributed by atoms with Gasteiger partial charge >= 0.3 is 6.09 Å². The second-order valence-corrected chi connectivity index (χ2v) is 5.58. The maximum Gasteiger partial charge on any atom is 0.407 e. The maximum absolute atomic E-state index is 11.6. The smallest absolute Gasteiger partial charge is 0.407 e. The standard InChI is InChI=1S/C13H25N3O3/c1-13(2,3)19-12(18)15-10(9-14-4)7-8-11(17)16(5)6/h10H,4,7-9H2,1-3,5-6H3,(H,15,18)/t10-/m1/s1. The molecule has 1 atom stereocenters. The molecular weight excluding hydrogens is 246 g/mol. The monoisotopic (exact) mass is 271 g/mol. The maximum atomic E-state index is 11.6. The van der Waals surface area contributed by atoms with E-state index in [0.29, 0.717) is 19.4 Å². The molecule has 0 radical (unpaired) electrons. The lowest BCUT2D eigenvalue weighted by Crippen LogP contribution is -2.41. The Labute approximate surface area is 115 Å². The van der Waals surface area contributed by atoms with Crippen LogP contribution < -0.4 is 5.32 Å². The zero-order valence-corrected chi connectivity index (χ0v) is 12.5. The van der Waals surface area contributed by atoms with Crippen LogP contribution >= 0.6 is 0 Å². The Morgan fingerprint density at radius 2 is 1.95 bits per heavy atom. The number of nitrogens with zero attached hydrogens (tertiary/aromatic N) is 2. The first-order chi connectivity index (χ1) is 8.65. The van der Waals surface area contributed by atoms with E-state index < -0.39 is 11.7 Å². The summed E-state index contributed by atoms with van der Waals surface area (Å²) in [6.45, 7) is 9.15. The number of hydrogen-bond donors (Lipinski definition) is 1. The molecule has 0 spiro atoms. The third-order valence-electron chi connectivity index (χ3n) is 2.28. The predicted molar refractivity (Wildman–Crippen MR) is 75.5 cm³/mol. The molecule has 0 aromatic heterocycles. The summed E-state index contributed by atoms with van der Waals surface area (Å²) in [7, 11) is 3.40. The predicted octanol–water partition coefficient (Wildman–Crippen LogP) is 1.45. The molecule has 6 heteroatoms. The highest BCUT2D eigenvalue weighted by Crippen LogP contribution is 2.08. The van der Waals surface area contributed by atoms with Crippen LogP contribution in [-0.4, -0.2) is 55.9 Å². The van der Waals surface area contributed by atoms with Crippen molar-refractivity contribution in [2.24, 2.45) is 4.99 Å². The van der Waals surface area contributed by atoms with E-state index in [9.17, 15) is 9.59 Å². The number of carbonyl (C=O) groups is 2. The summed E-state index contributed by atoms with van der Waals surface area (Å²) in [6.07, 6.45) is 0.358. The normalized spacial score (nSPS) is 12.5. The summed E-state index contributed by atoms with van der Waals surface area (Å²) in [5.74, 6) is 0.0139. The summed E-state index contributed by atoms with van der Waals surface area (Å²) < 4.78 is 5.16. The Kier molecular flexibility index (Phi) is 7.11. The molecule has 6 nitrogen and oxygen atoms in total. The van der Waals surface area contributed by atoms with E-state index >= 15 is 0 Å². The number of ether oxygens (including phenoxy) is 1. The molecular formula is C13H25N3O3. The highest BCUT2D eigenvalue weighted by Gasteiger charge is 2.20. The second-order valence-electron chi connectivity index (χ2n) is 5.58. The average molecular weight is 271 g/mol. The Bertz CT molecular complexity index is 322. The van der Waals surface area contributed by atoms with E-state index in [1.165, 1.54) is 4.90 Å². The van der Waals surface area contributed by atoms with Crippen LogP contribution in [0.2, 0.25) is 0 Å². The van der Waals surface area contributed by atoms with E-state index in [-0.39, 0.29) is 11.9 Å². The van der Waals surface area contributed by atoms with Crippen LogP contribution in [0.5, 0.6) is 0 Å². The molecule has 0 heterocycles. The van der Waals surface area contributed by atoms with Crippen molar-refractivity contribution in [1.29, 1.82) is 0 Å². The summed E-state index contributed by atoms with van der Waals surface area (Å²) in [6, 6.07) is -0.240. The molecule has 0 rings (SSSR count). The van der Waals surface area contributed by atoms with Crippen molar-refractivity contribution in [3.63, 3.8) is 0 Å². The van der Waals surface area contributed by atoms with E-state index in [1.807, 2.05) is 0 Å². The van der Waals surface area contributed by atoms with Crippen molar-refractivity contribution in [3.05, 3.63) is 0 Å². The van der Waals surface area contributed by atoms with Crippen molar-refractivity contribution < 1.29 is 14.3 Å². The second kappa shape index (κ2) is 7.76. The van der Waals surface area contributed by atoms with Gasteiger partial charge in [0.15, 0.2) is 0 Å². The van der Waals surface area contributed by atoms with E-state index in [4.69, 9.17) is 4.74 Å². The summed E-state index contributed by atoms with van der Waals surface area (Å²) in [5.41, 5.74) is -0.546. The highest BCUT2D eigenvalue weighted by atomic mass is 16.6. The van der Waals surface area contributed by atoms with Gasteiger partial charge in [0.1, 0.15) is 5.60 Å². The Morgan fingerprint density at radius 3 is 2.37 bits per heavy atom. The number of hydrogen-bond acceptors (Lipinski definition) is 4. The van der Waals surface area contributed by atoms with Crippen LogP contribution in [-0.2, 0) is 9.53 Å². The molecule has 0 fully saturated rings. The highest BCUT2D eigenvalue weighted by molar-refractivity contribution is 5.75. The number of amides is 2. The fourth-order valence-electron chi connectivity index (χ4n) is 1.36. The van der Waals surface area contributed by atoms with Crippen molar-refractivity contribution in [1.82, 2.24) is 10.2 Å². The third kappa shape index (κ3) is 9.04. The van der Waals surface area contributed by atoms with E-state index in [1.54, 1.807) is 34.9 Å². The molecule has 0 bridgehead atoms. The van der Waals surface area contributed by atoms with Gasteiger partial charge in [0.2, 0.25) is 5.91 Å². The fourth-order valence-corrected chi connectivity index (χ4v) is 1.36. The molecule has 110 valence electrons. The molecule has 1 N–H and O–H groups in total. The van der Waals surface area contributed by atoms with Gasteiger partial charge < -0.3 is 15.0 Å². The molecule has 2 amide bonds. The van der Waals surface area contributed by atoms with Crippen molar-refractivity contribution >= 4 is 18.7 Å². The number of aliphatic imine (C=N–C) groups is 1. The Balaban J connectivity index is 4.29. The molecule has 19 heavy (non-hydrogen) atoms. The van der Waals surface area contributed by atoms with Gasteiger partial charge in [0.25, 0.3) is 0 Å². The summed E-state index contributed by atoms with van der Waals surface area (Å²) >= 11 is 0. The minimum atomic E-state index is -0.546. The van der Waals surface area contributed by atoms with Crippen molar-refractivity contribution in [2.45, 2.75) is 45.3 Å². The molecule has 0 unspecified atom stereocenters. The Morgan fingerprint density at radius 1 is 1.37 bits per heavy atom. The molecule has 0 aliphatic carbocycles. The SMILES string of the molecule is C=NC[C@@H](CCC(=O)N(C)C)NC(=O)OC(C)(C)C. The minimum absolute atomic E-state index is 0.0139. The quantitative estimate of drug-likeness (QED) is 0.743. The van der Waals surface area contributed by atoms with Gasteiger partial charge in [-0.05, 0) is 33.9 Å². The zero-order chi connectivity index (χ0) is 15.1. The van der Waals surface area contributed by atoms with Gasteiger partial charge in [-0.2, -0.15) is 0 Å². The zero-order valence-electron chi connectivity index (χ0n) is 12.5. The number of nitrogens with one attached hydrogen (secondary N) is 1. The fraction of sp³-hybridized carbons (Fsp3) is 0.769. The topological polar surface area (TPSA) is 71.0 Å². The van der Waals surface area contributed by atoms with E-state index in [0.717, 1.165) is 0 Å². The summed E-state index contributed by atoms with van der Waals surface area (Å²) in [5, 5.41) is 2.70. The largest absolute Gasteiger partial charge is 0.444 e. The molecule has 0 saturated carbocycles. The number of carbonyl (C=O) groups excluding carboxylic acids is 2. The first kappa shape index (κ1) is 17.4. The average Bonchev–Trinajstić information content (AvgIpc) is 2.22.